The first-order valence-corrected chi connectivity index (χ1v) is 9.31. The summed E-state index contributed by atoms with van der Waals surface area (Å²) in [6.07, 6.45) is 3.63. The lowest BCUT2D eigenvalue weighted by Crippen LogP contribution is -2.23. The van der Waals surface area contributed by atoms with E-state index >= 15 is 0 Å². The highest BCUT2D eigenvalue weighted by molar-refractivity contribution is 6.34. The van der Waals surface area contributed by atoms with Gasteiger partial charge >= 0.3 is 0 Å². The van der Waals surface area contributed by atoms with Crippen LogP contribution in [0, 0.1) is 5.92 Å². The predicted molar refractivity (Wildman–Crippen MR) is 106 cm³/mol. The van der Waals surface area contributed by atoms with Gasteiger partial charge in [-0.05, 0) is 31.0 Å². The van der Waals surface area contributed by atoms with E-state index in [1.54, 1.807) is 24.3 Å². The van der Waals surface area contributed by atoms with Crippen LogP contribution in [0.5, 0.6) is 0 Å². The molecule has 27 heavy (non-hydrogen) atoms. The number of hydrogen-bond donors (Lipinski definition) is 2. The molecule has 8 heteroatoms. The molecule has 1 aromatic heterocycles. The molecule has 1 fully saturated rings. The second-order valence-electron chi connectivity index (χ2n) is 6.74. The molecule has 0 atom stereocenters. The van der Waals surface area contributed by atoms with Crippen molar-refractivity contribution in [2.24, 2.45) is 5.92 Å². The highest BCUT2D eigenvalue weighted by Crippen LogP contribution is 2.22. The molecule has 142 valence electrons. The summed E-state index contributed by atoms with van der Waals surface area (Å²) in [5.41, 5.74) is 1.28. The first kappa shape index (κ1) is 19.1. The molecule has 2 N–H and O–H groups in total. The van der Waals surface area contributed by atoms with Crippen LogP contribution < -0.4 is 15.5 Å². The number of nitrogens with zero attached hydrogens (tertiary/aromatic N) is 3. The number of hydrogen-bond acceptors (Lipinski definition) is 5. The Kier molecular flexibility index (Phi) is 5.91. The molecule has 1 saturated heterocycles. The molecule has 1 aliphatic heterocycles. The molecule has 0 unspecified atom stereocenters. The van der Waals surface area contributed by atoms with Crippen LogP contribution in [0.1, 0.15) is 37.2 Å². The second kappa shape index (κ2) is 8.35. The van der Waals surface area contributed by atoms with Gasteiger partial charge in [-0.2, -0.15) is 0 Å². The largest absolute Gasteiger partial charge is 0.341 e. The lowest BCUT2D eigenvalue weighted by atomic mass is 10.2. The van der Waals surface area contributed by atoms with Crippen molar-refractivity contribution in [2.75, 3.05) is 28.6 Å². The maximum Gasteiger partial charge on any atom is 0.276 e. The lowest BCUT2D eigenvalue weighted by molar-refractivity contribution is -0.118. The Balaban J connectivity index is 1.75. The number of benzene rings is 1. The fourth-order valence-electron chi connectivity index (χ4n) is 2.74. The summed E-state index contributed by atoms with van der Waals surface area (Å²) in [5.74, 6) is -0.130. The molecule has 2 amide bonds. The molecule has 2 aromatic rings. The first-order chi connectivity index (χ1) is 12.9. The molecule has 0 bridgehead atoms. The van der Waals surface area contributed by atoms with E-state index in [-0.39, 0.29) is 22.5 Å². The number of halogens is 1. The van der Waals surface area contributed by atoms with Crippen molar-refractivity contribution < 1.29 is 9.59 Å². The average molecular weight is 388 g/mol. The third-order valence-electron chi connectivity index (χ3n) is 4.25. The zero-order valence-electron chi connectivity index (χ0n) is 15.3. The van der Waals surface area contributed by atoms with Gasteiger partial charge in [0.1, 0.15) is 0 Å². The van der Waals surface area contributed by atoms with E-state index in [9.17, 15) is 9.59 Å². The van der Waals surface area contributed by atoms with Gasteiger partial charge in [-0.25, -0.2) is 9.97 Å². The normalized spacial score (nSPS) is 13.7. The van der Waals surface area contributed by atoms with Gasteiger partial charge in [-0.1, -0.05) is 31.5 Å². The SMILES string of the molecule is CC(C)C(=O)Nc1cccc(NC(=O)c2nc(N3CCCC3)ncc2Cl)c1. The smallest absolute Gasteiger partial charge is 0.276 e. The maximum absolute atomic E-state index is 12.7. The molecule has 3 rings (SSSR count). The molecular formula is C19H22ClN5O2. The zero-order chi connectivity index (χ0) is 19.4. The van der Waals surface area contributed by atoms with Gasteiger partial charge in [0, 0.05) is 30.4 Å². The Morgan fingerprint density at radius 2 is 1.81 bits per heavy atom. The van der Waals surface area contributed by atoms with Crippen LogP contribution in [0.25, 0.3) is 0 Å². The minimum absolute atomic E-state index is 0.0902. The topological polar surface area (TPSA) is 87.2 Å². The van der Waals surface area contributed by atoms with Crippen molar-refractivity contribution in [2.45, 2.75) is 26.7 Å². The van der Waals surface area contributed by atoms with Gasteiger partial charge in [0.2, 0.25) is 11.9 Å². The van der Waals surface area contributed by atoms with Crippen molar-refractivity contribution in [3.63, 3.8) is 0 Å². The molecular weight excluding hydrogens is 366 g/mol. The van der Waals surface area contributed by atoms with Gasteiger partial charge in [0.05, 0.1) is 11.2 Å². The summed E-state index contributed by atoms with van der Waals surface area (Å²) in [7, 11) is 0. The van der Waals surface area contributed by atoms with Gasteiger partial charge in [0.25, 0.3) is 5.91 Å². The van der Waals surface area contributed by atoms with Crippen LogP contribution in [-0.4, -0.2) is 34.9 Å². The van der Waals surface area contributed by atoms with Crippen LogP contribution in [-0.2, 0) is 4.79 Å². The van der Waals surface area contributed by atoms with E-state index in [0.29, 0.717) is 17.3 Å². The Bertz CT molecular complexity index is 850. The fourth-order valence-corrected chi connectivity index (χ4v) is 2.92. The van der Waals surface area contributed by atoms with E-state index in [4.69, 9.17) is 11.6 Å². The van der Waals surface area contributed by atoms with Crippen molar-refractivity contribution >= 4 is 40.7 Å². The van der Waals surface area contributed by atoms with Gasteiger partial charge < -0.3 is 15.5 Å². The number of carbonyl (C=O) groups excluding carboxylic acids is 2. The molecule has 1 aromatic carbocycles. The van der Waals surface area contributed by atoms with Gasteiger partial charge in [-0.3, -0.25) is 9.59 Å². The molecule has 0 aliphatic carbocycles. The van der Waals surface area contributed by atoms with E-state index in [1.165, 1.54) is 6.20 Å². The van der Waals surface area contributed by atoms with Crippen LogP contribution in [0.3, 0.4) is 0 Å². The number of carbonyl (C=O) groups is 2. The van der Waals surface area contributed by atoms with Gasteiger partial charge in [0.15, 0.2) is 5.69 Å². The highest BCUT2D eigenvalue weighted by Gasteiger charge is 2.20. The molecule has 2 heterocycles. The molecule has 0 radical (unpaired) electrons. The van der Waals surface area contributed by atoms with Crippen LogP contribution in [0.15, 0.2) is 30.5 Å². The van der Waals surface area contributed by atoms with E-state index in [1.807, 2.05) is 18.7 Å². The Hall–Kier alpha value is -2.67. The molecule has 7 nitrogen and oxygen atoms in total. The fraction of sp³-hybridized carbons (Fsp3) is 0.368. The minimum Gasteiger partial charge on any atom is -0.341 e. The maximum atomic E-state index is 12.7. The molecule has 1 aliphatic rings. The van der Waals surface area contributed by atoms with Crippen LogP contribution >= 0.6 is 11.6 Å². The predicted octanol–water partition coefficient (Wildman–Crippen LogP) is 3.58. The number of aromatic nitrogens is 2. The van der Waals surface area contributed by atoms with Crippen molar-refractivity contribution in [3.8, 4) is 0 Å². The van der Waals surface area contributed by atoms with Crippen LogP contribution in [0.4, 0.5) is 17.3 Å². The number of rotatable bonds is 5. The van der Waals surface area contributed by atoms with Crippen LogP contribution in [0.2, 0.25) is 5.02 Å². The lowest BCUT2D eigenvalue weighted by Gasteiger charge is -2.16. The average Bonchev–Trinajstić information content (AvgIpc) is 3.17. The van der Waals surface area contributed by atoms with E-state index in [2.05, 4.69) is 20.6 Å². The Morgan fingerprint density at radius 3 is 2.48 bits per heavy atom. The number of nitrogens with one attached hydrogen (secondary N) is 2. The first-order valence-electron chi connectivity index (χ1n) is 8.94. The van der Waals surface area contributed by atoms with E-state index < -0.39 is 5.91 Å². The summed E-state index contributed by atoms with van der Waals surface area (Å²) in [4.78, 5) is 35.1. The Labute approximate surface area is 163 Å². The monoisotopic (exact) mass is 387 g/mol. The Morgan fingerprint density at radius 1 is 1.15 bits per heavy atom. The number of anilines is 3. The summed E-state index contributed by atoms with van der Waals surface area (Å²) in [6, 6.07) is 6.94. The second-order valence-corrected chi connectivity index (χ2v) is 7.15. The summed E-state index contributed by atoms with van der Waals surface area (Å²) < 4.78 is 0. The third-order valence-corrected chi connectivity index (χ3v) is 4.52. The van der Waals surface area contributed by atoms with E-state index in [0.717, 1.165) is 25.9 Å². The number of amides is 2. The van der Waals surface area contributed by atoms with Crippen molar-refractivity contribution in [3.05, 3.63) is 41.2 Å². The summed E-state index contributed by atoms with van der Waals surface area (Å²) in [5, 5.41) is 5.77. The quantitative estimate of drug-likeness (QED) is 0.818. The minimum atomic E-state index is -0.421. The zero-order valence-corrected chi connectivity index (χ0v) is 16.1. The summed E-state index contributed by atoms with van der Waals surface area (Å²) in [6.45, 7) is 5.38. The summed E-state index contributed by atoms with van der Waals surface area (Å²) >= 11 is 6.14. The standard InChI is InChI=1S/C19H22ClN5O2/c1-12(2)17(26)22-13-6-5-7-14(10-13)23-18(27)16-15(20)11-21-19(24-16)25-8-3-4-9-25/h5-7,10-12H,3-4,8-9H2,1-2H3,(H,22,26)(H,23,27). The highest BCUT2D eigenvalue weighted by atomic mass is 35.5. The van der Waals surface area contributed by atoms with Crippen molar-refractivity contribution in [1.82, 2.24) is 9.97 Å². The van der Waals surface area contributed by atoms with Crippen molar-refractivity contribution in [1.29, 1.82) is 0 Å². The molecule has 0 saturated carbocycles. The third kappa shape index (κ3) is 4.74. The molecule has 0 spiro atoms. The van der Waals surface area contributed by atoms with Gasteiger partial charge in [-0.15, -0.1) is 0 Å².